The molecule has 0 spiro atoms. The second-order valence-electron chi connectivity index (χ2n) is 8.50. The van der Waals surface area contributed by atoms with Crippen molar-refractivity contribution in [3.63, 3.8) is 0 Å². The van der Waals surface area contributed by atoms with E-state index in [0.717, 1.165) is 55.6 Å². The number of aryl methyl sites for hydroxylation is 1. The monoisotopic (exact) mass is 394 g/mol. The Balaban J connectivity index is 1.67. The third-order valence-corrected chi connectivity index (χ3v) is 5.84. The summed E-state index contributed by atoms with van der Waals surface area (Å²) in [6, 6.07) is 16.2. The van der Waals surface area contributed by atoms with Gasteiger partial charge < -0.3 is 15.0 Å². The lowest BCUT2D eigenvalue weighted by Crippen LogP contribution is -2.42. The molecule has 4 nitrogen and oxygen atoms in total. The number of nitrogens with zero attached hydrogens (tertiary/aromatic N) is 1. The molecule has 1 N–H and O–H groups in total. The summed E-state index contributed by atoms with van der Waals surface area (Å²) in [5.41, 5.74) is 2.76. The van der Waals surface area contributed by atoms with E-state index in [2.05, 4.69) is 55.5 Å². The van der Waals surface area contributed by atoms with Crippen LogP contribution in [0.5, 0.6) is 5.75 Å². The van der Waals surface area contributed by atoms with Crippen molar-refractivity contribution >= 4 is 11.6 Å². The summed E-state index contributed by atoms with van der Waals surface area (Å²) < 4.78 is 5.80. The van der Waals surface area contributed by atoms with Crippen LogP contribution >= 0.6 is 0 Å². The molecule has 0 unspecified atom stereocenters. The predicted octanol–water partition coefficient (Wildman–Crippen LogP) is 5.17. The van der Waals surface area contributed by atoms with Gasteiger partial charge in [-0.15, -0.1) is 0 Å². The normalized spacial score (nSPS) is 15.9. The Hall–Kier alpha value is -2.33. The zero-order valence-electron chi connectivity index (χ0n) is 18.0. The fourth-order valence-electron chi connectivity index (χ4n) is 4.20. The van der Waals surface area contributed by atoms with Crippen molar-refractivity contribution in [1.29, 1.82) is 0 Å². The van der Waals surface area contributed by atoms with Crippen LogP contribution in [0, 0.1) is 6.92 Å². The van der Waals surface area contributed by atoms with E-state index in [1.54, 1.807) is 0 Å². The van der Waals surface area contributed by atoms with E-state index in [-0.39, 0.29) is 5.91 Å². The molecule has 0 heterocycles. The molecule has 29 heavy (non-hydrogen) atoms. The number of ether oxygens (including phenoxy) is 1. The van der Waals surface area contributed by atoms with Gasteiger partial charge in [-0.1, -0.05) is 49.1 Å². The van der Waals surface area contributed by atoms with E-state index in [0.29, 0.717) is 6.61 Å². The molecule has 2 aromatic rings. The summed E-state index contributed by atoms with van der Waals surface area (Å²) in [5, 5.41) is 3.18. The Morgan fingerprint density at radius 3 is 2.45 bits per heavy atom. The van der Waals surface area contributed by atoms with Crippen molar-refractivity contribution in [2.24, 2.45) is 0 Å². The van der Waals surface area contributed by atoms with Crippen molar-refractivity contribution in [3.05, 3.63) is 59.7 Å². The molecule has 0 saturated heterocycles. The highest BCUT2D eigenvalue weighted by Crippen LogP contribution is 2.40. The quantitative estimate of drug-likeness (QED) is 0.628. The molecule has 1 amide bonds. The van der Waals surface area contributed by atoms with Gasteiger partial charge >= 0.3 is 0 Å². The van der Waals surface area contributed by atoms with Gasteiger partial charge in [-0.2, -0.15) is 0 Å². The predicted molar refractivity (Wildman–Crippen MR) is 120 cm³/mol. The number of carbonyl (C=O) groups is 1. The molecule has 0 bridgehead atoms. The zero-order valence-corrected chi connectivity index (χ0v) is 18.0. The second kappa shape index (κ2) is 9.93. The number of hydrogen-bond donors (Lipinski definition) is 1. The Morgan fingerprint density at radius 1 is 1.07 bits per heavy atom. The van der Waals surface area contributed by atoms with Gasteiger partial charge in [-0.05, 0) is 70.1 Å². The van der Waals surface area contributed by atoms with Gasteiger partial charge in [0, 0.05) is 12.2 Å². The summed E-state index contributed by atoms with van der Waals surface area (Å²) in [6.45, 7) is 3.80. The van der Waals surface area contributed by atoms with Gasteiger partial charge in [0.05, 0.1) is 12.0 Å². The first kappa shape index (κ1) is 21.4. The Bertz CT molecular complexity index is 793. The van der Waals surface area contributed by atoms with E-state index in [1.807, 2.05) is 24.3 Å². The molecule has 156 valence electrons. The average Bonchev–Trinajstić information content (AvgIpc) is 2.72. The van der Waals surface area contributed by atoms with Crippen LogP contribution in [0.15, 0.2) is 48.5 Å². The van der Waals surface area contributed by atoms with Gasteiger partial charge in [-0.25, -0.2) is 0 Å². The molecular formula is C25H34N2O2. The smallest absolute Gasteiger partial charge is 0.235 e. The molecule has 1 saturated carbocycles. The van der Waals surface area contributed by atoms with Crippen molar-refractivity contribution in [3.8, 4) is 5.75 Å². The largest absolute Gasteiger partial charge is 0.494 e. The molecule has 2 aromatic carbocycles. The van der Waals surface area contributed by atoms with Crippen molar-refractivity contribution < 1.29 is 9.53 Å². The molecular weight excluding hydrogens is 360 g/mol. The lowest BCUT2D eigenvalue weighted by atomic mass is 9.68. The second-order valence-corrected chi connectivity index (χ2v) is 8.50. The molecule has 0 aliphatic heterocycles. The van der Waals surface area contributed by atoms with Crippen LogP contribution in [0.1, 0.15) is 49.7 Å². The van der Waals surface area contributed by atoms with E-state index >= 15 is 0 Å². The lowest BCUT2D eigenvalue weighted by molar-refractivity contribution is -0.122. The van der Waals surface area contributed by atoms with Gasteiger partial charge in [0.15, 0.2) is 0 Å². The molecule has 1 fully saturated rings. The van der Waals surface area contributed by atoms with E-state index < -0.39 is 5.41 Å². The Kier molecular flexibility index (Phi) is 7.32. The topological polar surface area (TPSA) is 41.6 Å². The maximum atomic E-state index is 13.4. The van der Waals surface area contributed by atoms with Crippen molar-refractivity contribution in [2.45, 2.75) is 50.9 Å². The first-order valence-corrected chi connectivity index (χ1v) is 10.8. The molecule has 4 heteroatoms. The minimum Gasteiger partial charge on any atom is -0.494 e. The summed E-state index contributed by atoms with van der Waals surface area (Å²) in [7, 11) is 4.13. The molecule has 0 atom stereocenters. The molecule has 3 rings (SSSR count). The molecule has 1 aliphatic carbocycles. The van der Waals surface area contributed by atoms with Crippen molar-refractivity contribution in [1.82, 2.24) is 4.90 Å². The number of anilines is 1. The average molecular weight is 395 g/mol. The maximum Gasteiger partial charge on any atom is 0.235 e. The molecule has 1 aliphatic rings. The third kappa shape index (κ3) is 5.60. The van der Waals surface area contributed by atoms with Crippen LogP contribution < -0.4 is 10.1 Å². The summed E-state index contributed by atoms with van der Waals surface area (Å²) in [6.07, 6.45) is 6.22. The van der Waals surface area contributed by atoms with Crippen LogP contribution in [0.4, 0.5) is 5.69 Å². The first-order chi connectivity index (χ1) is 14.0. The number of hydrogen-bond acceptors (Lipinski definition) is 3. The van der Waals surface area contributed by atoms with Crippen LogP contribution in [0.3, 0.4) is 0 Å². The maximum absolute atomic E-state index is 13.4. The van der Waals surface area contributed by atoms with Crippen LogP contribution in [-0.4, -0.2) is 38.1 Å². The van der Waals surface area contributed by atoms with Crippen molar-refractivity contribution in [2.75, 3.05) is 32.6 Å². The SMILES string of the molecule is Cc1cccc(C2(C(=O)Nc3ccc(OCCCN(C)C)cc3)CCCCC2)c1. The number of rotatable bonds is 8. The molecule has 0 radical (unpaired) electrons. The summed E-state index contributed by atoms with van der Waals surface area (Å²) in [4.78, 5) is 15.6. The van der Waals surface area contributed by atoms with Crippen LogP contribution in [0.25, 0.3) is 0 Å². The third-order valence-electron chi connectivity index (χ3n) is 5.84. The Morgan fingerprint density at radius 2 is 1.79 bits per heavy atom. The van der Waals surface area contributed by atoms with Gasteiger partial charge in [-0.3, -0.25) is 4.79 Å². The lowest BCUT2D eigenvalue weighted by Gasteiger charge is -2.36. The van der Waals surface area contributed by atoms with E-state index in [1.165, 1.54) is 12.0 Å². The first-order valence-electron chi connectivity index (χ1n) is 10.8. The van der Waals surface area contributed by atoms with E-state index in [9.17, 15) is 4.79 Å². The standard InChI is InChI=1S/C25H34N2O2/c1-20-9-7-10-21(19-20)25(15-5-4-6-16-25)24(28)26-22-11-13-23(14-12-22)29-18-8-17-27(2)3/h7,9-14,19H,4-6,8,15-18H2,1-3H3,(H,26,28). The van der Waals surface area contributed by atoms with E-state index in [4.69, 9.17) is 4.74 Å². The molecule has 0 aromatic heterocycles. The number of benzene rings is 2. The van der Waals surface area contributed by atoms with Gasteiger partial charge in [0.2, 0.25) is 5.91 Å². The minimum atomic E-state index is -0.425. The van der Waals surface area contributed by atoms with Crippen LogP contribution in [0.2, 0.25) is 0 Å². The zero-order chi connectivity index (χ0) is 20.7. The number of amides is 1. The number of nitrogens with one attached hydrogen (secondary N) is 1. The minimum absolute atomic E-state index is 0.113. The summed E-state index contributed by atoms with van der Waals surface area (Å²) >= 11 is 0. The Labute approximate surface area is 175 Å². The summed E-state index contributed by atoms with van der Waals surface area (Å²) in [5.74, 6) is 0.954. The highest BCUT2D eigenvalue weighted by atomic mass is 16.5. The van der Waals surface area contributed by atoms with Crippen LogP contribution in [-0.2, 0) is 10.2 Å². The van der Waals surface area contributed by atoms with Gasteiger partial charge in [0.1, 0.15) is 5.75 Å². The highest BCUT2D eigenvalue weighted by molar-refractivity contribution is 5.99. The fourth-order valence-corrected chi connectivity index (χ4v) is 4.20. The fraction of sp³-hybridized carbons (Fsp3) is 0.480. The highest BCUT2D eigenvalue weighted by Gasteiger charge is 2.41. The number of carbonyl (C=O) groups excluding carboxylic acids is 1. The van der Waals surface area contributed by atoms with Gasteiger partial charge in [0.25, 0.3) is 0 Å².